The minimum Gasteiger partial charge on any atom is -0.493 e. The quantitative estimate of drug-likeness (QED) is 0.171. The van der Waals surface area contributed by atoms with Crippen LogP contribution in [0.5, 0.6) is 5.75 Å². The van der Waals surface area contributed by atoms with Gasteiger partial charge in [0.05, 0.1) is 18.1 Å². The third kappa shape index (κ3) is 7.75. The Hall–Kier alpha value is -4.87. The van der Waals surface area contributed by atoms with Gasteiger partial charge in [-0.3, -0.25) is 4.79 Å². The highest BCUT2D eigenvalue weighted by molar-refractivity contribution is 6.30. The van der Waals surface area contributed by atoms with Crippen molar-refractivity contribution in [1.29, 1.82) is 0 Å². The van der Waals surface area contributed by atoms with Crippen molar-refractivity contribution in [3.05, 3.63) is 142 Å². The van der Waals surface area contributed by atoms with E-state index in [-0.39, 0.29) is 11.9 Å². The van der Waals surface area contributed by atoms with Crippen LogP contribution in [-0.4, -0.2) is 24.1 Å². The van der Waals surface area contributed by atoms with Gasteiger partial charge in [0, 0.05) is 17.1 Å². The van der Waals surface area contributed by atoms with Crippen molar-refractivity contribution >= 4 is 29.2 Å². The molecule has 0 spiro atoms. The van der Waals surface area contributed by atoms with Gasteiger partial charge in [-0.25, -0.2) is 4.79 Å². The number of hydrogen-bond donors (Lipinski definition) is 1. The van der Waals surface area contributed by atoms with Crippen molar-refractivity contribution in [3.8, 4) is 28.0 Å². The number of fused-ring (bicyclic) bond motifs is 1. The average Bonchev–Trinajstić information content (AvgIpc) is 3.52. The summed E-state index contributed by atoms with van der Waals surface area (Å²) in [7, 11) is 0. The molecule has 6 rings (SSSR count). The topological polar surface area (TPSA) is 64.6 Å². The zero-order chi connectivity index (χ0) is 33.1. The second kappa shape index (κ2) is 13.5. The van der Waals surface area contributed by atoms with Gasteiger partial charge < -0.3 is 14.8 Å². The molecule has 1 heterocycles. The number of hydrogen-bond acceptors (Lipinski definition) is 4. The first-order valence-corrected chi connectivity index (χ1v) is 16.3. The maximum absolute atomic E-state index is 14.0. The van der Waals surface area contributed by atoms with Crippen LogP contribution in [0.2, 0.25) is 5.02 Å². The van der Waals surface area contributed by atoms with Crippen molar-refractivity contribution in [2.45, 2.75) is 52.1 Å². The molecule has 5 aromatic rings. The molecule has 0 fully saturated rings. The summed E-state index contributed by atoms with van der Waals surface area (Å²) < 4.78 is 11.2. The van der Waals surface area contributed by atoms with Crippen LogP contribution in [0.4, 0.5) is 5.69 Å². The molecule has 1 aliphatic heterocycles. The molecule has 5 nitrogen and oxygen atoms in total. The fraction of sp³-hybridized carbons (Fsp3) is 0.220. The van der Waals surface area contributed by atoms with E-state index >= 15 is 0 Å². The number of ether oxygens (including phenoxy) is 2. The number of amides is 1. The average molecular weight is 644 g/mol. The van der Waals surface area contributed by atoms with Gasteiger partial charge in [0.1, 0.15) is 11.4 Å². The first kappa shape index (κ1) is 32.1. The Labute approximate surface area is 281 Å². The van der Waals surface area contributed by atoms with Gasteiger partial charge in [-0.1, -0.05) is 72.3 Å². The predicted molar refractivity (Wildman–Crippen MR) is 189 cm³/mol. The first-order chi connectivity index (χ1) is 22.5. The van der Waals surface area contributed by atoms with E-state index in [1.807, 2.05) is 100 Å². The van der Waals surface area contributed by atoms with Crippen LogP contribution in [-0.2, 0) is 22.4 Å². The molecule has 0 radical (unpaired) electrons. The molecule has 238 valence electrons. The summed E-state index contributed by atoms with van der Waals surface area (Å²) in [5, 5.41) is 3.85. The van der Waals surface area contributed by atoms with Crippen LogP contribution in [0.25, 0.3) is 22.3 Å². The summed E-state index contributed by atoms with van der Waals surface area (Å²) in [5.74, 6) is 0.00233. The number of rotatable bonds is 8. The lowest BCUT2D eigenvalue weighted by Crippen LogP contribution is -2.24. The number of carbonyl (C=O) groups is 2. The van der Waals surface area contributed by atoms with Crippen LogP contribution >= 0.6 is 11.6 Å². The zero-order valence-electron chi connectivity index (χ0n) is 27.1. The lowest BCUT2D eigenvalue weighted by atomic mass is 9.89. The van der Waals surface area contributed by atoms with E-state index in [4.69, 9.17) is 21.1 Å². The highest BCUT2D eigenvalue weighted by Crippen LogP contribution is 2.33. The number of carbonyl (C=O) groups excluding carboxylic acids is 2. The van der Waals surface area contributed by atoms with Gasteiger partial charge in [-0.15, -0.1) is 0 Å². The van der Waals surface area contributed by atoms with Gasteiger partial charge >= 0.3 is 5.97 Å². The van der Waals surface area contributed by atoms with Crippen molar-refractivity contribution in [1.82, 2.24) is 0 Å². The minimum atomic E-state index is -0.579. The number of esters is 1. The maximum atomic E-state index is 14.0. The van der Waals surface area contributed by atoms with Crippen LogP contribution in [0, 0.1) is 6.92 Å². The van der Waals surface area contributed by atoms with Crippen LogP contribution in [0.15, 0.2) is 109 Å². The molecule has 0 bridgehead atoms. The predicted octanol–water partition coefficient (Wildman–Crippen LogP) is 9.84. The molecule has 47 heavy (non-hydrogen) atoms. The summed E-state index contributed by atoms with van der Waals surface area (Å²) in [6.45, 7) is 8.29. The van der Waals surface area contributed by atoms with Gasteiger partial charge in [-0.2, -0.15) is 0 Å². The molecule has 6 heteroatoms. The van der Waals surface area contributed by atoms with Crippen molar-refractivity contribution in [2.75, 3.05) is 11.9 Å². The molecular weight excluding hydrogens is 606 g/mol. The molecule has 1 aliphatic rings. The Kier molecular flexibility index (Phi) is 9.19. The monoisotopic (exact) mass is 643 g/mol. The van der Waals surface area contributed by atoms with E-state index in [2.05, 4.69) is 29.6 Å². The van der Waals surface area contributed by atoms with E-state index < -0.39 is 11.5 Å². The summed E-state index contributed by atoms with van der Waals surface area (Å²) in [5.41, 5.74) is 9.10. The van der Waals surface area contributed by atoms with E-state index in [1.54, 1.807) is 12.1 Å². The van der Waals surface area contributed by atoms with Crippen LogP contribution in [0.3, 0.4) is 0 Å². The largest absolute Gasteiger partial charge is 0.493 e. The minimum absolute atomic E-state index is 0.112. The fourth-order valence-corrected chi connectivity index (χ4v) is 6.13. The number of halogens is 1. The molecule has 0 saturated carbocycles. The molecule has 0 unspecified atom stereocenters. The number of benzene rings is 5. The lowest BCUT2D eigenvalue weighted by Gasteiger charge is -2.20. The summed E-state index contributed by atoms with van der Waals surface area (Å²) in [4.78, 5) is 26.6. The Morgan fingerprint density at radius 2 is 1.51 bits per heavy atom. The Morgan fingerprint density at radius 1 is 0.830 bits per heavy atom. The summed E-state index contributed by atoms with van der Waals surface area (Å²) >= 11 is 6.16. The highest BCUT2D eigenvalue weighted by atomic mass is 35.5. The van der Waals surface area contributed by atoms with E-state index in [1.165, 1.54) is 5.56 Å². The van der Waals surface area contributed by atoms with Crippen LogP contribution < -0.4 is 10.1 Å². The van der Waals surface area contributed by atoms with Crippen molar-refractivity contribution in [2.24, 2.45) is 0 Å². The third-order valence-electron chi connectivity index (χ3n) is 8.33. The second-order valence-corrected chi connectivity index (χ2v) is 13.5. The van der Waals surface area contributed by atoms with Gasteiger partial charge in [0.25, 0.3) is 0 Å². The Balaban J connectivity index is 1.24. The molecule has 0 aromatic heterocycles. The highest BCUT2D eigenvalue weighted by Gasteiger charge is 2.23. The van der Waals surface area contributed by atoms with Gasteiger partial charge in [0.2, 0.25) is 5.91 Å². The van der Waals surface area contributed by atoms with Crippen LogP contribution in [0.1, 0.15) is 59.3 Å². The first-order valence-electron chi connectivity index (χ1n) is 15.9. The number of nitrogens with one attached hydrogen (secondary N) is 1. The molecule has 5 aromatic carbocycles. The Bertz CT molecular complexity index is 1910. The summed E-state index contributed by atoms with van der Waals surface area (Å²) in [6.07, 6.45) is 1.37. The zero-order valence-corrected chi connectivity index (χ0v) is 27.9. The molecular formula is C41H38ClNO4. The maximum Gasteiger partial charge on any atom is 0.338 e. The Morgan fingerprint density at radius 3 is 2.19 bits per heavy atom. The van der Waals surface area contributed by atoms with Gasteiger partial charge in [-0.05, 0) is 127 Å². The second-order valence-electron chi connectivity index (χ2n) is 13.0. The standard InChI is InChI=1S/C41H38ClNO4/c1-26-23-34(42)16-19-36(26)29-13-17-35(18-14-29)43-39(44)37(24-27-5-7-31(8-6-27)40(45)47-41(2,3)4)30-11-9-28(10-12-30)32-15-20-38-33(25-32)21-22-46-38/h5-20,23,25,37H,21-22,24H2,1-4H3,(H,43,44)/t37-/m1/s1. The molecule has 0 saturated heterocycles. The normalized spacial score (nSPS) is 13.0. The van der Waals surface area contributed by atoms with E-state index in [0.29, 0.717) is 22.7 Å². The van der Waals surface area contributed by atoms with Crippen molar-refractivity contribution in [3.63, 3.8) is 0 Å². The molecule has 0 aliphatic carbocycles. The van der Waals surface area contributed by atoms with Gasteiger partial charge in [0.15, 0.2) is 0 Å². The number of anilines is 1. The van der Waals surface area contributed by atoms with Crippen molar-refractivity contribution < 1.29 is 19.1 Å². The van der Waals surface area contributed by atoms with E-state index in [0.717, 1.165) is 57.7 Å². The summed E-state index contributed by atoms with van der Waals surface area (Å²) in [6, 6.07) is 35.5. The molecule has 1 atom stereocenters. The SMILES string of the molecule is Cc1cc(Cl)ccc1-c1ccc(NC(=O)[C@H](Cc2ccc(C(=O)OC(C)(C)C)cc2)c2ccc(-c3ccc4c(c3)CCO4)cc2)cc1. The molecule has 1 N–H and O–H groups in total. The fourth-order valence-electron chi connectivity index (χ4n) is 5.90. The van der Waals surface area contributed by atoms with E-state index in [9.17, 15) is 9.59 Å². The molecule has 1 amide bonds. The lowest BCUT2D eigenvalue weighted by molar-refractivity contribution is -0.117. The number of aryl methyl sites for hydroxylation is 1. The third-order valence-corrected chi connectivity index (χ3v) is 8.57. The smallest absolute Gasteiger partial charge is 0.338 e.